The number of Topliss-reactive ketones (excluding diaryl/α,β-unsaturated/α-hetero) is 1. The largest absolute Gasteiger partial charge is 0.466 e. The molecular weight excluding hydrogens is 172 g/mol. The van der Waals surface area contributed by atoms with Crippen LogP contribution >= 0.6 is 0 Å². The molecule has 0 rings (SSSR count). The Kier molecular flexibility index (Phi) is 5.80. The van der Waals surface area contributed by atoms with Gasteiger partial charge in [0.15, 0.2) is 0 Å². The van der Waals surface area contributed by atoms with Crippen LogP contribution in [0.4, 0.5) is 0 Å². The minimum atomic E-state index is -0.873. The molecule has 1 N–H and O–H groups in total. The van der Waals surface area contributed by atoms with Gasteiger partial charge in [-0.3, -0.25) is 9.59 Å². The molecule has 0 aliphatic heterocycles. The van der Waals surface area contributed by atoms with E-state index in [2.05, 4.69) is 11.3 Å². The molecule has 74 valence electrons. The third-order valence-electron chi connectivity index (χ3n) is 1.36. The summed E-state index contributed by atoms with van der Waals surface area (Å²) in [5, 5.41) is 8.98. The van der Waals surface area contributed by atoms with Gasteiger partial charge in [0.2, 0.25) is 0 Å². The van der Waals surface area contributed by atoms with Crippen LogP contribution in [-0.2, 0) is 14.3 Å². The predicted octanol–water partition coefficient (Wildman–Crippen LogP) is 0.446. The third-order valence-corrected chi connectivity index (χ3v) is 1.36. The number of rotatable bonds is 6. The standard InChI is InChI=1S/C9H14O4/c1-3-7(10)5-8(11)6-9(12)13-4-2/h3,7,10H,1,4-6H2,2H3/t7-/m0/s1. The Bertz CT molecular complexity index is 198. The van der Waals surface area contributed by atoms with E-state index in [0.717, 1.165) is 0 Å². The number of esters is 1. The molecule has 0 bridgehead atoms. The molecule has 0 saturated carbocycles. The quantitative estimate of drug-likeness (QED) is 0.371. The normalized spacial score (nSPS) is 11.8. The van der Waals surface area contributed by atoms with Crippen LogP contribution in [0.5, 0.6) is 0 Å². The summed E-state index contributed by atoms with van der Waals surface area (Å²) in [4.78, 5) is 21.8. The Balaban J connectivity index is 3.74. The number of hydrogen-bond donors (Lipinski definition) is 1. The molecule has 0 aromatic rings. The summed E-state index contributed by atoms with van der Waals surface area (Å²) in [6.45, 7) is 5.24. The molecule has 0 heterocycles. The highest BCUT2D eigenvalue weighted by molar-refractivity contribution is 5.95. The summed E-state index contributed by atoms with van der Waals surface area (Å²) in [5.41, 5.74) is 0. The van der Waals surface area contributed by atoms with Gasteiger partial charge in [0.25, 0.3) is 0 Å². The van der Waals surface area contributed by atoms with Gasteiger partial charge in [-0.2, -0.15) is 0 Å². The second-order valence-corrected chi connectivity index (χ2v) is 2.53. The third kappa shape index (κ3) is 6.04. The van der Waals surface area contributed by atoms with Crippen LogP contribution in [0, 0.1) is 0 Å². The smallest absolute Gasteiger partial charge is 0.313 e. The maximum Gasteiger partial charge on any atom is 0.313 e. The lowest BCUT2D eigenvalue weighted by molar-refractivity contribution is -0.145. The van der Waals surface area contributed by atoms with Crippen molar-refractivity contribution in [1.29, 1.82) is 0 Å². The zero-order valence-electron chi connectivity index (χ0n) is 7.66. The minimum Gasteiger partial charge on any atom is -0.466 e. The molecule has 0 aliphatic rings. The van der Waals surface area contributed by atoms with E-state index >= 15 is 0 Å². The molecule has 0 aromatic carbocycles. The Morgan fingerprint density at radius 3 is 2.69 bits per heavy atom. The molecular formula is C9H14O4. The molecule has 0 aliphatic carbocycles. The topological polar surface area (TPSA) is 63.6 Å². The lowest BCUT2D eigenvalue weighted by Crippen LogP contribution is -2.15. The molecule has 0 spiro atoms. The van der Waals surface area contributed by atoms with Crippen LogP contribution in [0.2, 0.25) is 0 Å². The van der Waals surface area contributed by atoms with E-state index in [4.69, 9.17) is 5.11 Å². The highest BCUT2D eigenvalue weighted by Gasteiger charge is 2.12. The number of ether oxygens (including phenoxy) is 1. The summed E-state index contributed by atoms with van der Waals surface area (Å²) in [6, 6.07) is 0. The molecule has 0 radical (unpaired) electrons. The van der Waals surface area contributed by atoms with Gasteiger partial charge in [-0.05, 0) is 6.92 Å². The van der Waals surface area contributed by atoms with E-state index in [-0.39, 0.29) is 25.2 Å². The molecule has 4 heteroatoms. The molecule has 0 amide bonds. The van der Waals surface area contributed by atoms with E-state index in [1.807, 2.05) is 0 Å². The fraction of sp³-hybridized carbons (Fsp3) is 0.556. The first-order chi connectivity index (χ1) is 6.10. The van der Waals surface area contributed by atoms with E-state index in [0.29, 0.717) is 0 Å². The van der Waals surface area contributed by atoms with Gasteiger partial charge in [-0.1, -0.05) is 6.08 Å². The SMILES string of the molecule is C=C[C@H](O)CC(=O)CC(=O)OCC. The first-order valence-electron chi connectivity index (χ1n) is 4.08. The first-order valence-corrected chi connectivity index (χ1v) is 4.08. The van der Waals surface area contributed by atoms with Crippen LogP contribution < -0.4 is 0 Å². The van der Waals surface area contributed by atoms with Crippen molar-refractivity contribution in [3.63, 3.8) is 0 Å². The summed E-state index contributed by atoms with van der Waals surface area (Å²) in [5.74, 6) is -0.894. The number of ketones is 1. The van der Waals surface area contributed by atoms with Gasteiger partial charge < -0.3 is 9.84 Å². The summed E-state index contributed by atoms with van der Waals surface area (Å²) in [7, 11) is 0. The summed E-state index contributed by atoms with van der Waals surface area (Å²) < 4.78 is 4.56. The highest BCUT2D eigenvalue weighted by Crippen LogP contribution is 1.98. The number of aliphatic hydroxyl groups excluding tert-OH is 1. The Morgan fingerprint density at radius 2 is 2.23 bits per heavy atom. The van der Waals surface area contributed by atoms with E-state index in [1.54, 1.807) is 6.92 Å². The van der Waals surface area contributed by atoms with Crippen molar-refractivity contribution in [2.75, 3.05) is 6.61 Å². The average molecular weight is 186 g/mol. The lowest BCUT2D eigenvalue weighted by Gasteiger charge is -2.03. The fourth-order valence-electron chi connectivity index (χ4n) is 0.762. The van der Waals surface area contributed by atoms with Crippen LogP contribution in [0.1, 0.15) is 19.8 Å². The summed E-state index contributed by atoms with van der Waals surface area (Å²) >= 11 is 0. The monoisotopic (exact) mass is 186 g/mol. The van der Waals surface area contributed by atoms with Crippen LogP contribution in [-0.4, -0.2) is 29.6 Å². The Labute approximate surface area is 77.2 Å². The average Bonchev–Trinajstić information content (AvgIpc) is 2.04. The molecule has 0 saturated heterocycles. The molecule has 1 atom stereocenters. The van der Waals surface area contributed by atoms with Crippen molar-refractivity contribution in [2.24, 2.45) is 0 Å². The Morgan fingerprint density at radius 1 is 1.62 bits per heavy atom. The second-order valence-electron chi connectivity index (χ2n) is 2.53. The van der Waals surface area contributed by atoms with Crippen molar-refractivity contribution in [3.8, 4) is 0 Å². The molecule has 0 unspecified atom stereocenters. The van der Waals surface area contributed by atoms with Gasteiger partial charge in [0, 0.05) is 6.42 Å². The maximum absolute atomic E-state index is 11.0. The van der Waals surface area contributed by atoms with Gasteiger partial charge in [-0.15, -0.1) is 6.58 Å². The lowest BCUT2D eigenvalue weighted by atomic mass is 10.1. The Hall–Kier alpha value is -1.16. The molecule has 0 aromatic heterocycles. The summed E-state index contributed by atoms with van der Waals surface area (Å²) in [6.07, 6.45) is 0.0197. The van der Waals surface area contributed by atoms with Crippen molar-refractivity contribution in [1.82, 2.24) is 0 Å². The predicted molar refractivity (Wildman–Crippen MR) is 47.1 cm³/mol. The van der Waals surface area contributed by atoms with Crippen molar-refractivity contribution < 1.29 is 19.4 Å². The molecule has 13 heavy (non-hydrogen) atoms. The zero-order chi connectivity index (χ0) is 10.3. The first kappa shape index (κ1) is 11.8. The van der Waals surface area contributed by atoms with Gasteiger partial charge >= 0.3 is 5.97 Å². The fourth-order valence-corrected chi connectivity index (χ4v) is 0.762. The van der Waals surface area contributed by atoms with Crippen LogP contribution in [0.3, 0.4) is 0 Å². The molecule has 0 fully saturated rings. The van der Waals surface area contributed by atoms with Gasteiger partial charge in [0.1, 0.15) is 12.2 Å². The maximum atomic E-state index is 11.0. The van der Waals surface area contributed by atoms with Crippen molar-refractivity contribution in [3.05, 3.63) is 12.7 Å². The van der Waals surface area contributed by atoms with Gasteiger partial charge in [0.05, 0.1) is 12.7 Å². The second kappa shape index (κ2) is 6.37. The minimum absolute atomic E-state index is 0.0810. The number of carbonyl (C=O) groups excluding carboxylic acids is 2. The van der Waals surface area contributed by atoms with E-state index in [9.17, 15) is 9.59 Å². The number of aliphatic hydroxyl groups is 1. The zero-order valence-corrected chi connectivity index (χ0v) is 7.66. The van der Waals surface area contributed by atoms with Crippen molar-refractivity contribution >= 4 is 11.8 Å². The van der Waals surface area contributed by atoms with E-state index < -0.39 is 12.1 Å². The highest BCUT2D eigenvalue weighted by atomic mass is 16.5. The van der Waals surface area contributed by atoms with Crippen molar-refractivity contribution in [2.45, 2.75) is 25.9 Å². The van der Waals surface area contributed by atoms with Gasteiger partial charge in [-0.25, -0.2) is 0 Å². The number of carbonyl (C=O) groups is 2. The van der Waals surface area contributed by atoms with Crippen LogP contribution in [0.25, 0.3) is 0 Å². The number of hydrogen-bond acceptors (Lipinski definition) is 4. The molecule has 4 nitrogen and oxygen atoms in total. The van der Waals surface area contributed by atoms with E-state index in [1.165, 1.54) is 6.08 Å². The van der Waals surface area contributed by atoms with Crippen LogP contribution in [0.15, 0.2) is 12.7 Å².